The van der Waals surface area contributed by atoms with Gasteiger partial charge in [-0.3, -0.25) is 0 Å². The summed E-state index contributed by atoms with van der Waals surface area (Å²) in [5.41, 5.74) is 3.17. The van der Waals surface area contributed by atoms with E-state index in [1.807, 2.05) is 25.1 Å². The first-order valence-corrected chi connectivity index (χ1v) is 9.53. The Hall–Kier alpha value is -3.87. The Balaban J connectivity index is 1.53. The van der Waals surface area contributed by atoms with Crippen molar-refractivity contribution in [1.82, 2.24) is 5.32 Å². The first kappa shape index (κ1) is 20.9. The number of hydrogen-bond acceptors (Lipinski definition) is 2. The summed E-state index contributed by atoms with van der Waals surface area (Å²) in [6.45, 7) is 2.14. The molecule has 6 nitrogen and oxygen atoms in total. The molecule has 0 saturated heterocycles. The van der Waals surface area contributed by atoms with Crippen LogP contribution in [0, 0.1) is 12.7 Å². The number of anilines is 3. The molecule has 0 fully saturated rings. The Morgan fingerprint density at radius 2 is 1.50 bits per heavy atom. The third-order valence-electron chi connectivity index (χ3n) is 4.41. The number of aryl methyl sites for hydroxylation is 1. The van der Waals surface area contributed by atoms with Gasteiger partial charge in [0.05, 0.1) is 0 Å². The number of nitrogens with one attached hydrogen (secondary N) is 4. The lowest BCUT2D eigenvalue weighted by atomic mass is 10.1. The second-order valence-electron chi connectivity index (χ2n) is 6.70. The summed E-state index contributed by atoms with van der Waals surface area (Å²) in [6, 6.07) is 20.0. The molecule has 0 aliphatic heterocycles. The van der Waals surface area contributed by atoms with Crippen molar-refractivity contribution in [1.29, 1.82) is 0 Å². The molecule has 0 aromatic heterocycles. The monoisotopic (exact) mass is 406 g/mol. The summed E-state index contributed by atoms with van der Waals surface area (Å²) in [5, 5.41) is 10.9. The van der Waals surface area contributed by atoms with Crippen LogP contribution < -0.4 is 21.3 Å². The number of carbonyl (C=O) groups excluding carboxylic acids is 2. The van der Waals surface area contributed by atoms with Crippen LogP contribution in [0.25, 0.3) is 0 Å². The molecule has 7 heteroatoms. The van der Waals surface area contributed by atoms with Gasteiger partial charge in [0.15, 0.2) is 0 Å². The second kappa shape index (κ2) is 10.1. The van der Waals surface area contributed by atoms with Crippen molar-refractivity contribution >= 4 is 29.1 Å². The van der Waals surface area contributed by atoms with Crippen molar-refractivity contribution < 1.29 is 14.0 Å². The quantitative estimate of drug-likeness (QED) is 0.457. The first-order valence-electron chi connectivity index (χ1n) is 9.53. The zero-order valence-electron chi connectivity index (χ0n) is 16.5. The average molecular weight is 406 g/mol. The fourth-order valence-corrected chi connectivity index (χ4v) is 2.83. The minimum atomic E-state index is -0.402. The van der Waals surface area contributed by atoms with Gasteiger partial charge in [-0.15, -0.1) is 0 Å². The number of benzene rings is 3. The van der Waals surface area contributed by atoms with Gasteiger partial charge in [-0.25, -0.2) is 14.0 Å². The normalized spacial score (nSPS) is 10.2. The van der Waals surface area contributed by atoms with Crippen LogP contribution in [0.5, 0.6) is 0 Å². The minimum absolute atomic E-state index is 0.289. The van der Waals surface area contributed by atoms with Gasteiger partial charge in [0.1, 0.15) is 5.82 Å². The third-order valence-corrected chi connectivity index (χ3v) is 4.41. The van der Waals surface area contributed by atoms with Crippen molar-refractivity contribution in [3.63, 3.8) is 0 Å². The Labute approximate surface area is 174 Å². The third kappa shape index (κ3) is 6.07. The van der Waals surface area contributed by atoms with Crippen LogP contribution in [0.4, 0.5) is 31.0 Å². The molecule has 0 aliphatic carbocycles. The van der Waals surface area contributed by atoms with E-state index in [0.717, 1.165) is 5.56 Å². The molecule has 0 radical (unpaired) electrons. The highest BCUT2D eigenvalue weighted by molar-refractivity contribution is 6.00. The maximum Gasteiger partial charge on any atom is 0.323 e. The van der Waals surface area contributed by atoms with Crippen LogP contribution in [0.15, 0.2) is 72.8 Å². The highest BCUT2D eigenvalue weighted by Gasteiger charge is 2.08. The number of hydrogen-bond donors (Lipinski definition) is 4. The Morgan fingerprint density at radius 3 is 2.27 bits per heavy atom. The van der Waals surface area contributed by atoms with Crippen molar-refractivity contribution in [2.75, 3.05) is 22.5 Å². The highest BCUT2D eigenvalue weighted by Crippen LogP contribution is 2.20. The summed E-state index contributed by atoms with van der Waals surface area (Å²) < 4.78 is 13.6. The van der Waals surface area contributed by atoms with Gasteiger partial charge in [0.2, 0.25) is 0 Å². The number of rotatable bonds is 6. The number of amides is 4. The maximum atomic E-state index is 13.6. The number of carbonyl (C=O) groups is 2. The molecule has 3 aromatic rings. The molecule has 0 unspecified atom stereocenters. The van der Waals surface area contributed by atoms with E-state index in [2.05, 4.69) is 21.3 Å². The summed E-state index contributed by atoms with van der Waals surface area (Å²) in [6.07, 6.45) is 0.389. The lowest BCUT2D eigenvalue weighted by Crippen LogP contribution is -2.31. The summed E-state index contributed by atoms with van der Waals surface area (Å²) in [4.78, 5) is 24.4. The van der Waals surface area contributed by atoms with Crippen LogP contribution in [-0.2, 0) is 6.42 Å². The molecule has 0 atom stereocenters. The van der Waals surface area contributed by atoms with E-state index in [4.69, 9.17) is 0 Å². The van der Waals surface area contributed by atoms with Gasteiger partial charge in [-0.1, -0.05) is 42.5 Å². The van der Waals surface area contributed by atoms with Crippen LogP contribution >= 0.6 is 0 Å². The molecular formula is C23H23FN4O2. The molecule has 3 aromatic carbocycles. The molecule has 30 heavy (non-hydrogen) atoms. The average Bonchev–Trinajstić information content (AvgIpc) is 2.72. The lowest BCUT2D eigenvalue weighted by Gasteiger charge is -2.13. The molecular weight excluding hydrogens is 383 g/mol. The van der Waals surface area contributed by atoms with Crippen molar-refractivity contribution in [3.05, 3.63) is 89.7 Å². The lowest BCUT2D eigenvalue weighted by molar-refractivity contribution is 0.252. The molecule has 0 heterocycles. The summed E-state index contributed by atoms with van der Waals surface area (Å²) >= 11 is 0. The van der Waals surface area contributed by atoms with E-state index >= 15 is 0 Å². The summed E-state index contributed by atoms with van der Waals surface area (Å²) in [7, 11) is 0. The SMILES string of the molecule is Cc1ccc(NC(=O)Nc2ccccc2)cc1NC(=O)NCCc1ccccc1F. The number of urea groups is 2. The van der Waals surface area contributed by atoms with E-state index < -0.39 is 6.03 Å². The van der Waals surface area contributed by atoms with E-state index in [0.29, 0.717) is 35.6 Å². The van der Waals surface area contributed by atoms with Gasteiger partial charge in [-0.05, 0) is 54.8 Å². The maximum absolute atomic E-state index is 13.6. The zero-order chi connectivity index (χ0) is 21.3. The van der Waals surface area contributed by atoms with Crippen LogP contribution in [0.1, 0.15) is 11.1 Å². The van der Waals surface area contributed by atoms with Gasteiger partial charge in [-0.2, -0.15) is 0 Å². The smallest absolute Gasteiger partial charge is 0.323 e. The molecule has 0 saturated carbocycles. The van der Waals surface area contributed by atoms with E-state index in [1.54, 1.807) is 48.5 Å². The van der Waals surface area contributed by atoms with Gasteiger partial charge < -0.3 is 21.3 Å². The van der Waals surface area contributed by atoms with Crippen LogP contribution in [0.2, 0.25) is 0 Å². The van der Waals surface area contributed by atoms with E-state index in [-0.39, 0.29) is 11.8 Å². The Bertz CT molecular complexity index is 1020. The predicted octanol–water partition coefficient (Wildman–Crippen LogP) is 5.14. The topological polar surface area (TPSA) is 82.3 Å². The Kier molecular flexibility index (Phi) is 7.00. The van der Waals surface area contributed by atoms with Crippen molar-refractivity contribution in [2.45, 2.75) is 13.3 Å². The number of para-hydroxylation sites is 1. The van der Waals surface area contributed by atoms with Gasteiger partial charge in [0.25, 0.3) is 0 Å². The molecule has 3 rings (SSSR count). The predicted molar refractivity (Wildman–Crippen MR) is 117 cm³/mol. The Morgan fingerprint density at radius 1 is 0.800 bits per heavy atom. The van der Waals surface area contributed by atoms with Gasteiger partial charge >= 0.3 is 12.1 Å². The number of halogens is 1. The largest absolute Gasteiger partial charge is 0.338 e. The summed E-state index contributed by atoms with van der Waals surface area (Å²) in [5.74, 6) is -0.289. The van der Waals surface area contributed by atoms with Crippen molar-refractivity contribution in [3.8, 4) is 0 Å². The van der Waals surface area contributed by atoms with Crippen molar-refractivity contribution in [2.24, 2.45) is 0 Å². The molecule has 154 valence electrons. The molecule has 4 amide bonds. The minimum Gasteiger partial charge on any atom is -0.338 e. The fourth-order valence-electron chi connectivity index (χ4n) is 2.83. The molecule has 4 N–H and O–H groups in total. The van der Waals surface area contributed by atoms with E-state index in [1.165, 1.54) is 6.07 Å². The zero-order valence-corrected chi connectivity index (χ0v) is 16.5. The second-order valence-corrected chi connectivity index (χ2v) is 6.70. The van der Waals surface area contributed by atoms with Gasteiger partial charge in [0, 0.05) is 23.6 Å². The first-order chi connectivity index (χ1) is 14.5. The molecule has 0 aliphatic rings. The standard InChI is InChI=1S/C23H23FN4O2/c1-16-11-12-19(27-23(30)26-18-8-3-2-4-9-18)15-21(16)28-22(29)25-14-13-17-7-5-6-10-20(17)24/h2-12,15H,13-14H2,1H3,(H2,25,28,29)(H2,26,27,30). The van der Waals surface area contributed by atoms with E-state index in [9.17, 15) is 14.0 Å². The van der Waals surface area contributed by atoms with Crippen LogP contribution in [0.3, 0.4) is 0 Å². The molecule has 0 spiro atoms. The molecule has 0 bridgehead atoms. The fraction of sp³-hybridized carbons (Fsp3) is 0.130. The van der Waals surface area contributed by atoms with Crippen LogP contribution in [-0.4, -0.2) is 18.6 Å². The highest BCUT2D eigenvalue weighted by atomic mass is 19.1.